The van der Waals surface area contributed by atoms with Gasteiger partial charge in [0.05, 0.1) is 0 Å². The van der Waals surface area contributed by atoms with Gasteiger partial charge in [0.2, 0.25) is 5.91 Å². The van der Waals surface area contributed by atoms with Crippen molar-refractivity contribution in [3.8, 4) is 0 Å². The minimum absolute atomic E-state index is 0.272. The number of nitrogens with zero attached hydrogens (tertiary/aromatic N) is 1. The SMILES string of the molecule is CC1CNCCN1C(=O)CCSc1ccccc1Br. The number of carbonyl (C=O) groups excluding carboxylic acids is 1. The minimum atomic E-state index is 0.272. The summed E-state index contributed by atoms with van der Waals surface area (Å²) < 4.78 is 1.10. The highest BCUT2D eigenvalue weighted by Crippen LogP contribution is 2.27. The largest absolute Gasteiger partial charge is 0.337 e. The van der Waals surface area contributed by atoms with Crippen LogP contribution in [-0.4, -0.2) is 42.2 Å². The van der Waals surface area contributed by atoms with E-state index >= 15 is 0 Å². The van der Waals surface area contributed by atoms with Crippen molar-refractivity contribution in [2.45, 2.75) is 24.3 Å². The van der Waals surface area contributed by atoms with Crippen molar-refractivity contribution in [1.82, 2.24) is 10.2 Å². The average Bonchev–Trinajstić information content (AvgIpc) is 2.41. The van der Waals surface area contributed by atoms with Crippen LogP contribution in [-0.2, 0) is 4.79 Å². The monoisotopic (exact) mass is 342 g/mol. The summed E-state index contributed by atoms with van der Waals surface area (Å²) in [6.07, 6.45) is 0.607. The summed E-state index contributed by atoms with van der Waals surface area (Å²) in [6, 6.07) is 8.44. The second kappa shape index (κ2) is 7.31. The van der Waals surface area contributed by atoms with Gasteiger partial charge in [-0.05, 0) is 35.0 Å². The number of hydrogen-bond acceptors (Lipinski definition) is 3. The fourth-order valence-electron chi connectivity index (χ4n) is 2.17. The molecule has 19 heavy (non-hydrogen) atoms. The summed E-state index contributed by atoms with van der Waals surface area (Å²) in [4.78, 5) is 15.4. The third-order valence-corrected chi connectivity index (χ3v) is 5.26. The molecule has 1 aromatic rings. The summed E-state index contributed by atoms with van der Waals surface area (Å²) >= 11 is 5.26. The van der Waals surface area contributed by atoms with Crippen molar-refractivity contribution in [3.63, 3.8) is 0 Å². The molecule has 1 atom stereocenters. The van der Waals surface area contributed by atoms with Crippen molar-refractivity contribution in [2.24, 2.45) is 0 Å². The normalized spacial score (nSPS) is 19.5. The first-order valence-electron chi connectivity index (χ1n) is 6.56. The van der Waals surface area contributed by atoms with Crippen molar-refractivity contribution < 1.29 is 4.79 Å². The Morgan fingerprint density at radius 2 is 2.32 bits per heavy atom. The fourth-order valence-corrected chi connectivity index (χ4v) is 3.67. The minimum Gasteiger partial charge on any atom is -0.337 e. The zero-order valence-corrected chi connectivity index (χ0v) is 13.5. The first-order valence-corrected chi connectivity index (χ1v) is 8.34. The van der Waals surface area contributed by atoms with Gasteiger partial charge < -0.3 is 10.2 Å². The van der Waals surface area contributed by atoms with Gasteiger partial charge in [-0.3, -0.25) is 4.79 Å². The van der Waals surface area contributed by atoms with Gasteiger partial charge in [-0.2, -0.15) is 0 Å². The summed E-state index contributed by atoms with van der Waals surface area (Å²) in [7, 11) is 0. The molecule has 3 nitrogen and oxygen atoms in total. The van der Waals surface area contributed by atoms with E-state index in [0.29, 0.717) is 12.5 Å². The van der Waals surface area contributed by atoms with Crippen LogP contribution in [0.5, 0.6) is 0 Å². The standard InChI is InChI=1S/C14H19BrN2OS/c1-11-10-16-7-8-17(11)14(18)6-9-19-13-5-3-2-4-12(13)15/h2-5,11,16H,6-10H2,1H3. The number of rotatable bonds is 4. The van der Waals surface area contributed by atoms with Gasteiger partial charge >= 0.3 is 0 Å². The second-order valence-corrected chi connectivity index (χ2v) is 6.66. The first-order chi connectivity index (χ1) is 9.18. The van der Waals surface area contributed by atoms with E-state index in [1.165, 1.54) is 4.90 Å². The molecule has 5 heteroatoms. The molecule has 1 aromatic carbocycles. The highest BCUT2D eigenvalue weighted by Gasteiger charge is 2.22. The summed E-state index contributed by atoms with van der Waals surface area (Å²) in [6.45, 7) is 4.75. The van der Waals surface area contributed by atoms with Crippen LogP contribution in [0, 0.1) is 0 Å². The zero-order valence-electron chi connectivity index (χ0n) is 11.1. The van der Waals surface area contributed by atoms with Crippen LogP contribution in [0.25, 0.3) is 0 Å². The maximum atomic E-state index is 12.2. The highest BCUT2D eigenvalue weighted by atomic mass is 79.9. The van der Waals surface area contributed by atoms with E-state index < -0.39 is 0 Å². The molecule has 104 valence electrons. The molecule has 1 N–H and O–H groups in total. The van der Waals surface area contributed by atoms with E-state index in [2.05, 4.69) is 34.2 Å². The van der Waals surface area contributed by atoms with E-state index in [0.717, 1.165) is 29.9 Å². The molecule has 0 spiro atoms. The molecule has 0 saturated carbocycles. The molecule has 0 bridgehead atoms. The Kier molecular flexibility index (Phi) is 5.73. The number of amides is 1. The number of benzene rings is 1. The van der Waals surface area contributed by atoms with E-state index in [1.807, 2.05) is 23.1 Å². The molecule has 1 aliphatic heterocycles. The lowest BCUT2D eigenvalue weighted by Crippen LogP contribution is -2.52. The maximum Gasteiger partial charge on any atom is 0.223 e. The highest BCUT2D eigenvalue weighted by molar-refractivity contribution is 9.10. The quantitative estimate of drug-likeness (QED) is 0.854. The van der Waals surface area contributed by atoms with E-state index in [9.17, 15) is 4.79 Å². The number of piperazine rings is 1. The van der Waals surface area contributed by atoms with Gasteiger partial charge in [-0.25, -0.2) is 0 Å². The van der Waals surface area contributed by atoms with Gasteiger partial charge in [-0.15, -0.1) is 11.8 Å². The van der Waals surface area contributed by atoms with Crippen LogP contribution < -0.4 is 5.32 Å². The predicted molar refractivity (Wildman–Crippen MR) is 83.5 cm³/mol. The zero-order chi connectivity index (χ0) is 13.7. The molecule has 1 unspecified atom stereocenters. The Morgan fingerprint density at radius 3 is 3.05 bits per heavy atom. The summed E-state index contributed by atoms with van der Waals surface area (Å²) in [5.74, 6) is 1.10. The Bertz CT molecular complexity index is 441. The lowest BCUT2D eigenvalue weighted by molar-refractivity contribution is -0.133. The van der Waals surface area contributed by atoms with E-state index in [-0.39, 0.29) is 5.91 Å². The number of hydrogen-bond donors (Lipinski definition) is 1. The first kappa shape index (κ1) is 14.9. The number of carbonyl (C=O) groups is 1. The Hall–Kier alpha value is -0.520. The van der Waals surface area contributed by atoms with Gasteiger partial charge in [0, 0.05) is 47.2 Å². The van der Waals surface area contributed by atoms with Crippen molar-refractivity contribution in [3.05, 3.63) is 28.7 Å². The van der Waals surface area contributed by atoms with Crippen LogP contribution in [0.3, 0.4) is 0 Å². The van der Waals surface area contributed by atoms with Crippen LogP contribution in [0.1, 0.15) is 13.3 Å². The molecule has 1 heterocycles. The average molecular weight is 343 g/mol. The van der Waals surface area contributed by atoms with Crippen molar-refractivity contribution >= 4 is 33.6 Å². The molecule has 1 amide bonds. The van der Waals surface area contributed by atoms with E-state index in [1.54, 1.807) is 11.8 Å². The molecule has 1 saturated heterocycles. The van der Waals surface area contributed by atoms with Gasteiger partial charge in [-0.1, -0.05) is 12.1 Å². The van der Waals surface area contributed by atoms with Gasteiger partial charge in [0.1, 0.15) is 0 Å². The smallest absolute Gasteiger partial charge is 0.223 e. The third-order valence-electron chi connectivity index (χ3n) is 3.23. The van der Waals surface area contributed by atoms with Gasteiger partial charge in [0.15, 0.2) is 0 Å². The van der Waals surface area contributed by atoms with Crippen molar-refractivity contribution in [1.29, 1.82) is 0 Å². The molecular formula is C14H19BrN2OS. The molecule has 1 aliphatic rings. The Morgan fingerprint density at radius 1 is 1.53 bits per heavy atom. The predicted octanol–water partition coefficient (Wildman–Crippen LogP) is 2.75. The Labute approximate surface area is 127 Å². The fraction of sp³-hybridized carbons (Fsp3) is 0.500. The molecule has 2 rings (SSSR count). The number of halogens is 1. The topological polar surface area (TPSA) is 32.3 Å². The lowest BCUT2D eigenvalue weighted by atomic mass is 10.2. The number of thioether (sulfide) groups is 1. The molecule has 0 aliphatic carbocycles. The van der Waals surface area contributed by atoms with Crippen LogP contribution in [0.2, 0.25) is 0 Å². The lowest BCUT2D eigenvalue weighted by Gasteiger charge is -2.34. The van der Waals surface area contributed by atoms with Gasteiger partial charge in [0.25, 0.3) is 0 Å². The van der Waals surface area contributed by atoms with Crippen molar-refractivity contribution in [2.75, 3.05) is 25.4 Å². The number of nitrogens with one attached hydrogen (secondary N) is 1. The summed E-state index contributed by atoms with van der Waals surface area (Å²) in [5, 5.41) is 3.30. The molecule has 0 aromatic heterocycles. The molecule has 0 radical (unpaired) electrons. The Balaban J connectivity index is 1.79. The van der Waals surface area contributed by atoms with Crippen LogP contribution >= 0.6 is 27.7 Å². The third kappa shape index (κ3) is 4.23. The van der Waals surface area contributed by atoms with Crippen LogP contribution in [0.4, 0.5) is 0 Å². The molecular weight excluding hydrogens is 324 g/mol. The summed E-state index contributed by atoms with van der Waals surface area (Å²) in [5.41, 5.74) is 0. The maximum absolute atomic E-state index is 12.2. The van der Waals surface area contributed by atoms with E-state index in [4.69, 9.17) is 0 Å². The molecule has 1 fully saturated rings. The second-order valence-electron chi connectivity index (χ2n) is 4.67. The van der Waals surface area contributed by atoms with Crippen LogP contribution in [0.15, 0.2) is 33.6 Å².